The Hall–Kier alpha value is -1.63. The second-order valence-electron chi connectivity index (χ2n) is 5.02. The minimum Gasteiger partial charge on any atom is -0.478 e. The number of anilines is 1. The van der Waals surface area contributed by atoms with Crippen LogP contribution in [-0.4, -0.2) is 27.1 Å². The van der Waals surface area contributed by atoms with Crippen molar-refractivity contribution in [2.75, 3.05) is 5.32 Å². The molecule has 0 aliphatic rings. The first kappa shape index (κ1) is 15.4. The van der Waals surface area contributed by atoms with Gasteiger partial charge < -0.3 is 9.84 Å². The van der Waals surface area contributed by atoms with Crippen LogP contribution >= 0.6 is 11.5 Å². The van der Waals surface area contributed by atoms with E-state index in [-0.39, 0.29) is 10.6 Å². The molecule has 0 aliphatic heterocycles. The first-order valence-electron chi connectivity index (χ1n) is 5.96. The molecular formula is C12H18N2O4S. The fraction of sp³-hybridized carbons (Fsp3) is 0.583. The largest absolute Gasteiger partial charge is 0.478 e. The second-order valence-corrected chi connectivity index (χ2v) is 5.79. The Balaban J connectivity index is 2.89. The SMILES string of the molecule is CCCc1nsc(NC(=O)OC(C)(C)C)c1C(=O)O. The number of aromatic nitrogens is 1. The summed E-state index contributed by atoms with van der Waals surface area (Å²) in [4.78, 5) is 22.8. The van der Waals surface area contributed by atoms with Gasteiger partial charge in [0.15, 0.2) is 0 Å². The van der Waals surface area contributed by atoms with E-state index in [0.717, 1.165) is 18.0 Å². The minimum atomic E-state index is -1.09. The molecule has 0 bridgehead atoms. The van der Waals surface area contributed by atoms with Crippen LogP contribution in [0.5, 0.6) is 0 Å². The van der Waals surface area contributed by atoms with Gasteiger partial charge in [0.1, 0.15) is 16.2 Å². The molecular weight excluding hydrogens is 268 g/mol. The number of aromatic carboxylic acids is 1. The third kappa shape index (κ3) is 4.51. The van der Waals surface area contributed by atoms with Crippen LogP contribution in [0.3, 0.4) is 0 Å². The lowest BCUT2D eigenvalue weighted by Gasteiger charge is -2.19. The summed E-state index contributed by atoms with van der Waals surface area (Å²) < 4.78 is 9.15. The number of ether oxygens (including phenoxy) is 1. The van der Waals surface area contributed by atoms with Crippen LogP contribution in [-0.2, 0) is 11.2 Å². The Kier molecular flexibility index (Phi) is 4.88. The van der Waals surface area contributed by atoms with Gasteiger partial charge in [-0.25, -0.2) is 9.59 Å². The number of amides is 1. The second kappa shape index (κ2) is 6.01. The van der Waals surface area contributed by atoms with Gasteiger partial charge in [0.05, 0.1) is 5.69 Å². The molecule has 1 aromatic heterocycles. The number of carbonyl (C=O) groups is 2. The maximum absolute atomic E-state index is 11.6. The molecule has 0 aromatic carbocycles. The molecule has 0 spiro atoms. The number of rotatable bonds is 4. The molecule has 1 rings (SSSR count). The highest BCUT2D eigenvalue weighted by atomic mass is 32.1. The van der Waals surface area contributed by atoms with E-state index in [1.807, 2.05) is 6.92 Å². The van der Waals surface area contributed by atoms with Crippen molar-refractivity contribution in [1.29, 1.82) is 0 Å². The van der Waals surface area contributed by atoms with Crippen LogP contribution in [0.1, 0.15) is 50.2 Å². The maximum atomic E-state index is 11.6. The van der Waals surface area contributed by atoms with Crippen LogP contribution in [0.25, 0.3) is 0 Å². The Morgan fingerprint density at radius 1 is 1.42 bits per heavy atom. The van der Waals surface area contributed by atoms with Crippen LogP contribution in [0.2, 0.25) is 0 Å². The summed E-state index contributed by atoms with van der Waals surface area (Å²) in [5, 5.41) is 11.8. The van der Waals surface area contributed by atoms with Gasteiger partial charge in [0.25, 0.3) is 0 Å². The third-order valence-corrected chi connectivity index (χ3v) is 2.88. The number of carbonyl (C=O) groups excluding carboxylic acids is 1. The first-order valence-corrected chi connectivity index (χ1v) is 6.73. The van der Waals surface area contributed by atoms with E-state index < -0.39 is 17.7 Å². The number of carboxylic acid groups (broad SMARTS) is 1. The van der Waals surface area contributed by atoms with E-state index in [2.05, 4.69) is 9.69 Å². The zero-order valence-electron chi connectivity index (χ0n) is 11.4. The van der Waals surface area contributed by atoms with Gasteiger partial charge in [-0.1, -0.05) is 13.3 Å². The average molecular weight is 286 g/mol. The van der Waals surface area contributed by atoms with Gasteiger partial charge in [-0.05, 0) is 38.7 Å². The molecule has 2 N–H and O–H groups in total. The highest BCUT2D eigenvalue weighted by Gasteiger charge is 2.23. The molecule has 0 radical (unpaired) electrons. The monoisotopic (exact) mass is 286 g/mol. The first-order chi connectivity index (χ1) is 8.74. The summed E-state index contributed by atoms with van der Waals surface area (Å²) in [6.45, 7) is 7.14. The number of carboxylic acids is 1. The standard InChI is InChI=1S/C12H18N2O4S/c1-5-6-7-8(10(15)16)9(19-14-7)13-11(17)18-12(2,3)4/h5-6H2,1-4H3,(H,13,17)(H,15,16). The molecule has 0 unspecified atom stereocenters. The molecule has 0 saturated carbocycles. The van der Waals surface area contributed by atoms with Crippen molar-refractivity contribution in [2.45, 2.75) is 46.1 Å². The Morgan fingerprint density at radius 2 is 2.05 bits per heavy atom. The summed E-state index contributed by atoms with van der Waals surface area (Å²) in [6.07, 6.45) is 0.672. The highest BCUT2D eigenvalue weighted by molar-refractivity contribution is 7.11. The van der Waals surface area contributed by atoms with Crippen LogP contribution < -0.4 is 5.32 Å². The smallest absolute Gasteiger partial charge is 0.412 e. The lowest BCUT2D eigenvalue weighted by Crippen LogP contribution is -2.27. The van der Waals surface area contributed by atoms with Crippen molar-refractivity contribution in [1.82, 2.24) is 4.37 Å². The van der Waals surface area contributed by atoms with Gasteiger partial charge in [-0.2, -0.15) is 4.37 Å². The normalized spacial score (nSPS) is 11.2. The van der Waals surface area contributed by atoms with Crippen molar-refractivity contribution in [3.8, 4) is 0 Å². The van der Waals surface area contributed by atoms with E-state index in [0.29, 0.717) is 12.1 Å². The van der Waals surface area contributed by atoms with E-state index in [4.69, 9.17) is 4.74 Å². The lowest BCUT2D eigenvalue weighted by atomic mass is 10.1. The van der Waals surface area contributed by atoms with Crippen LogP contribution in [0.15, 0.2) is 0 Å². The predicted octanol–water partition coefficient (Wildman–Crippen LogP) is 3.14. The van der Waals surface area contributed by atoms with E-state index in [1.165, 1.54) is 0 Å². The number of nitrogens with zero attached hydrogens (tertiary/aromatic N) is 1. The summed E-state index contributed by atoms with van der Waals surface area (Å²) in [5.41, 5.74) is -0.0894. The molecule has 0 fully saturated rings. The molecule has 19 heavy (non-hydrogen) atoms. The Morgan fingerprint density at radius 3 is 2.53 bits per heavy atom. The molecule has 0 atom stereocenters. The molecule has 1 amide bonds. The Labute approximate surface area is 115 Å². The van der Waals surface area contributed by atoms with Crippen molar-refractivity contribution < 1.29 is 19.4 Å². The summed E-state index contributed by atoms with van der Waals surface area (Å²) in [5.74, 6) is -1.09. The molecule has 1 aromatic rings. The molecule has 0 saturated heterocycles. The fourth-order valence-corrected chi connectivity index (χ4v) is 2.24. The number of hydrogen-bond donors (Lipinski definition) is 2. The average Bonchev–Trinajstić information content (AvgIpc) is 2.58. The molecule has 1 heterocycles. The molecule has 6 nitrogen and oxygen atoms in total. The quantitative estimate of drug-likeness (QED) is 0.887. The van der Waals surface area contributed by atoms with Gasteiger partial charge in [0.2, 0.25) is 0 Å². The lowest BCUT2D eigenvalue weighted by molar-refractivity contribution is 0.0636. The summed E-state index contributed by atoms with van der Waals surface area (Å²) >= 11 is 0.956. The number of nitrogens with one attached hydrogen (secondary N) is 1. The van der Waals surface area contributed by atoms with Gasteiger partial charge in [-0.15, -0.1) is 0 Å². The van der Waals surface area contributed by atoms with Gasteiger partial charge >= 0.3 is 12.1 Å². The van der Waals surface area contributed by atoms with Gasteiger partial charge in [0, 0.05) is 0 Å². The van der Waals surface area contributed by atoms with E-state index >= 15 is 0 Å². The van der Waals surface area contributed by atoms with E-state index in [1.54, 1.807) is 20.8 Å². The topological polar surface area (TPSA) is 88.5 Å². The Bertz CT molecular complexity index is 477. The van der Waals surface area contributed by atoms with Crippen molar-refractivity contribution in [3.05, 3.63) is 11.3 Å². The van der Waals surface area contributed by atoms with Crippen molar-refractivity contribution in [2.24, 2.45) is 0 Å². The zero-order chi connectivity index (χ0) is 14.6. The predicted molar refractivity (Wildman–Crippen MR) is 72.9 cm³/mol. The molecule has 7 heteroatoms. The van der Waals surface area contributed by atoms with Crippen molar-refractivity contribution in [3.63, 3.8) is 0 Å². The van der Waals surface area contributed by atoms with Gasteiger partial charge in [-0.3, -0.25) is 5.32 Å². The van der Waals surface area contributed by atoms with Crippen LogP contribution in [0.4, 0.5) is 9.80 Å². The fourth-order valence-electron chi connectivity index (χ4n) is 1.43. The molecule has 106 valence electrons. The number of aryl methyl sites for hydroxylation is 1. The zero-order valence-corrected chi connectivity index (χ0v) is 12.3. The highest BCUT2D eigenvalue weighted by Crippen LogP contribution is 2.26. The summed E-state index contributed by atoms with van der Waals surface area (Å²) in [7, 11) is 0. The maximum Gasteiger partial charge on any atom is 0.412 e. The third-order valence-electron chi connectivity index (χ3n) is 2.08. The summed E-state index contributed by atoms with van der Waals surface area (Å²) in [6, 6.07) is 0. The van der Waals surface area contributed by atoms with Crippen molar-refractivity contribution >= 4 is 28.6 Å². The molecule has 0 aliphatic carbocycles. The minimum absolute atomic E-state index is 0.0534. The van der Waals surface area contributed by atoms with E-state index in [9.17, 15) is 14.7 Å². The number of hydrogen-bond acceptors (Lipinski definition) is 5. The van der Waals surface area contributed by atoms with Crippen LogP contribution in [0, 0.1) is 0 Å².